The number of nitrogens with zero attached hydrogens (tertiary/aromatic N) is 1. The Morgan fingerprint density at radius 1 is 1.40 bits per heavy atom. The molecule has 6 heteroatoms. The molecule has 2 rings (SSSR count). The Balaban J connectivity index is 1.79. The smallest absolute Gasteiger partial charge is 0.222 e. The normalized spacial score (nSPS) is 36.4. The van der Waals surface area contributed by atoms with E-state index in [4.69, 9.17) is 9.47 Å². The standard InChI is InChI=1S/C14H26N2O4/c1-4-5-15-12(17)7-9-6-10-14(19-9)13(18)11(20-10)8-16(2)3/h9-11,13-14,18H,4-8H2,1-3H3,(H,15,17). The van der Waals surface area contributed by atoms with E-state index in [1.807, 2.05) is 25.9 Å². The number of carbonyl (C=O) groups is 1. The number of likely N-dealkylation sites (N-methyl/N-ethyl adjacent to an activating group) is 1. The number of fused-ring (bicyclic) bond motifs is 1. The highest BCUT2D eigenvalue weighted by Gasteiger charge is 2.50. The van der Waals surface area contributed by atoms with E-state index in [1.54, 1.807) is 0 Å². The third-order valence-corrected chi connectivity index (χ3v) is 3.81. The van der Waals surface area contributed by atoms with Crippen molar-refractivity contribution in [2.24, 2.45) is 0 Å². The van der Waals surface area contributed by atoms with Crippen LogP contribution in [0.25, 0.3) is 0 Å². The minimum absolute atomic E-state index is 0.0103. The van der Waals surface area contributed by atoms with Gasteiger partial charge in [-0.15, -0.1) is 0 Å². The molecule has 2 fully saturated rings. The average molecular weight is 286 g/mol. The molecule has 2 aliphatic rings. The van der Waals surface area contributed by atoms with Crippen molar-refractivity contribution in [2.75, 3.05) is 27.2 Å². The van der Waals surface area contributed by atoms with Gasteiger partial charge < -0.3 is 24.8 Å². The van der Waals surface area contributed by atoms with E-state index >= 15 is 0 Å². The van der Waals surface area contributed by atoms with Crippen LogP contribution in [-0.2, 0) is 14.3 Å². The maximum atomic E-state index is 11.7. The first-order chi connectivity index (χ1) is 9.51. The first-order valence-electron chi connectivity index (χ1n) is 7.41. The highest BCUT2D eigenvalue weighted by Crippen LogP contribution is 2.35. The van der Waals surface area contributed by atoms with E-state index in [-0.39, 0.29) is 30.3 Å². The second kappa shape index (κ2) is 6.85. The number of carbonyl (C=O) groups excluding carboxylic acids is 1. The van der Waals surface area contributed by atoms with Crippen molar-refractivity contribution >= 4 is 5.91 Å². The largest absolute Gasteiger partial charge is 0.388 e. The molecule has 20 heavy (non-hydrogen) atoms. The fraction of sp³-hybridized carbons (Fsp3) is 0.929. The summed E-state index contributed by atoms with van der Waals surface area (Å²) in [6.45, 7) is 3.40. The molecule has 0 aromatic carbocycles. The van der Waals surface area contributed by atoms with Crippen LogP contribution in [0, 0.1) is 0 Å². The molecule has 0 aliphatic carbocycles. The van der Waals surface area contributed by atoms with Gasteiger partial charge in [0.1, 0.15) is 12.2 Å². The molecule has 0 radical (unpaired) electrons. The number of aliphatic hydroxyl groups excluding tert-OH is 1. The Bertz CT molecular complexity index is 337. The molecule has 116 valence electrons. The SMILES string of the molecule is CCCNC(=O)CC1CC2OC(CN(C)C)C(O)C2O1. The summed E-state index contributed by atoms with van der Waals surface area (Å²) >= 11 is 0. The van der Waals surface area contributed by atoms with Crippen LogP contribution in [0.2, 0.25) is 0 Å². The minimum atomic E-state index is -0.605. The Labute approximate surface area is 120 Å². The fourth-order valence-electron chi connectivity index (χ4n) is 2.89. The van der Waals surface area contributed by atoms with E-state index < -0.39 is 6.10 Å². The summed E-state index contributed by atoms with van der Waals surface area (Å²) in [4.78, 5) is 13.7. The fourth-order valence-corrected chi connectivity index (χ4v) is 2.89. The van der Waals surface area contributed by atoms with Crippen LogP contribution < -0.4 is 5.32 Å². The topological polar surface area (TPSA) is 71.0 Å². The lowest BCUT2D eigenvalue weighted by Crippen LogP contribution is -2.38. The van der Waals surface area contributed by atoms with Crippen molar-refractivity contribution in [3.05, 3.63) is 0 Å². The molecule has 0 aromatic heterocycles. The Morgan fingerprint density at radius 3 is 2.75 bits per heavy atom. The first-order valence-corrected chi connectivity index (χ1v) is 7.41. The van der Waals surface area contributed by atoms with Gasteiger partial charge in [-0.1, -0.05) is 6.92 Å². The predicted molar refractivity (Wildman–Crippen MR) is 74.4 cm³/mol. The molecule has 0 spiro atoms. The summed E-state index contributed by atoms with van der Waals surface area (Å²) < 4.78 is 11.7. The zero-order chi connectivity index (χ0) is 14.7. The maximum absolute atomic E-state index is 11.7. The van der Waals surface area contributed by atoms with Gasteiger partial charge in [0.25, 0.3) is 0 Å². The Hall–Kier alpha value is -0.690. The molecule has 0 aromatic rings. The van der Waals surface area contributed by atoms with Crippen LogP contribution in [0.5, 0.6) is 0 Å². The number of amides is 1. The van der Waals surface area contributed by atoms with Crippen molar-refractivity contribution in [3.63, 3.8) is 0 Å². The number of nitrogens with one attached hydrogen (secondary N) is 1. The van der Waals surface area contributed by atoms with E-state index in [0.717, 1.165) is 6.42 Å². The van der Waals surface area contributed by atoms with Gasteiger partial charge in [-0.3, -0.25) is 4.79 Å². The molecule has 5 atom stereocenters. The third kappa shape index (κ3) is 3.69. The van der Waals surface area contributed by atoms with E-state index in [2.05, 4.69) is 5.32 Å². The zero-order valence-electron chi connectivity index (χ0n) is 12.5. The molecule has 2 heterocycles. The molecular formula is C14H26N2O4. The van der Waals surface area contributed by atoms with Gasteiger partial charge in [-0.25, -0.2) is 0 Å². The predicted octanol–water partition coefficient (Wildman–Crippen LogP) is -0.250. The van der Waals surface area contributed by atoms with Crippen LogP contribution >= 0.6 is 0 Å². The Kier molecular flexibility index (Phi) is 5.37. The molecule has 0 saturated carbocycles. The molecule has 0 bridgehead atoms. The second-order valence-corrected chi connectivity index (χ2v) is 5.98. The first kappa shape index (κ1) is 15.7. The number of ether oxygens (including phenoxy) is 2. The summed E-state index contributed by atoms with van der Waals surface area (Å²) in [7, 11) is 3.90. The van der Waals surface area contributed by atoms with Gasteiger partial charge in [0.2, 0.25) is 5.91 Å². The molecular weight excluding hydrogens is 260 g/mol. The molecule has 2 aliphatic heterocycles. The number of hydrogen-bond acceptors (Lipinski definition) is 5. The number of aliphatic hydroxyl groups is 1. The average Bonchev–Trinajstić information content (AvgIpc) is 2.87. The van der Waals surface area contributed by atoms with Gasteiger partial charge in [0.15, 0.2) is 0 Å². The Morgan fingerprint density at radius 2 is 2.15 bits per heavy atom. The summed E-state index contributed by atoms with van der Waals surface area (Å²) in [5.41, 5.74) is 0. The lowest BCUT2D eigenvalue weighted by atomic mass is 10.1. The van der Waals surface area contributed by atoms with Gasteiger partial charge in [-0.2, -0.15) is 0 Å². The van der Waals surface area contributed by atoms with Gasteiger partial charge in [0.05, 0.1) is 24.7 Å². The second-order valence-electron chi connectivity index (χ2n) is 5.98. The van der Waals surface area contributed by atoms with Crippen molar-refractivity contribution in [2.45, 2.75) is 56.7 Å². The molecule has 5 unspecified atom stereocenters. The van der Waals surface area contributed by atoms with Crippen LogP contribution in [0.4, 0.5) is 0 Å². The zero-order valence-corrected chi connectivity index (χ0v) is 12.5. The van der Waals surface area contributed by atoms with Gasteiger partial charge >= 0.3 is 0 Å². The van der Waals surface area contributed by atoms with Crippen molar-refractivity contribution in [1.29, 1.82) is 0 Å². The third-order valence-electron chi connectivity index (χ3n) is 3.81. The molecule has 2 saturated heterocycles. The summed E-state index contributed by atoms with van der Waals surface area (Å²) in [5.74, 6) is 0.0103. The molecule has 1 amide bonds. The highest BCUT2D eigenvalue weighted by atomic mass is 16.6. The van der Waals surface area contributed by atoms with Crippen molar-refractivity contribution < 1.29 is 19.4 Å². The van der Waals surface area contributed by atoms with Crippen LogP contribution in [0.3, 0.4) is 0 Å². The van der Waals surface area contributed by atoms with E-state index in [9.17, 15) is 9.90 Å². The number of hydrogen-bond donors (Lipinski definition) is 2. The van der Waals surface area contributed by atoms with E-state index in [1.165, 1.54) is 0 Å². The van der Waals surface area contributed by atoms with Gasteiger partial charge in [-0.05, 0) is 20.5 Å². The quantitative estimate of drug-likeness (QED) is 0.704. The molecule has 6 nitrogen and oxygen atoms in total. The highest BCUT2D eigenvalue weighted by molar-refractivity contribution is 5.76. The van der Waals surface area contributed by atoms with Crippen molar-refractivity contribution in [1.82, 2.24) is 10.2 Å². The maximum Gasteiger partial charge on any atom is 0.222 e. The molecule has 2 N–H and O–H groups in total. The van der Waals surface area contributed by atoms with Crippen LogP contribution in [0.15, 0.2) is 0 Å². The lowest BCUT2D eigenvalue weighted by Gasteiger charge is -2.22. The summed E-state index contributed by atoms with van der Waals surface area (Å²) in [5, 5.41) is 13.1. The minimum Gasteiger partial charge on any atom is -0.388 e. The lowest BCUT2D eigenvalue weighted by molar-refractivity contribution is -0.124. The van der Waals surface area contributed by atoms with Crippen LogP contribution in [-0.4, -0.2) is 73.6 Å². The summed E-state index contributed by atoms with van der Waals surface area (Å²) in [6, 6.07) is 0. The van der Waals surface area contributed by atoms with Crippen LogP contribution in [0.1, 0.15) is 26.2 Å². The van der Waals surface area contributed by atoms with E-state index in [0.29, 0.717) is 25.9 Å². The van der Waals surface area contributed by atoms with Gasteiger partial charge in [0, 0.05) is 19.5 Å². The van der Waals surface area contributed by atoms with Crippen molar-refractivity contribution in [3.8, 4) is 0 Å². The summed E-state index contributed by atoms with van der Waals surface area (Å²) in [6.07, 6.45) is 0.643. The number of rotatable bonds is 6. The monoisotopic (exact) mass is 286 g/mol.